The molecule has 1 heterocycles. The van der Waals surface area contributed by atoms with Gasteiger partial charge in [0.2, 0.25) is 0 Å². The summed E-state index contributed by atoms with van der Waals surface area (Å²) < 4.78 is 4.50. The van der Waals surface area contributed by atoms with Crippen LogP contribution in [0.3, 0.4) is 0 Å². The Morgan fingerprint density at radius 3 is 2.47 bits per heavy atom. The Kier molecular flexibility index (Phi) is 3.52. The highest BCUT2D eigenvalue weighted by molar-refractivity contribution is 6.30. The van der Waals surface area contributed by atoms with Crippen LogP contribution in [0.4, 0.5) is 0 Å². The minimum absolute atomic E-state index is 0.194. The summed E-state index contributed by atoms with van der Waals surface area (Å²) >= 11 is 5.76. The molecule has 7 heteroatoms. The van der Waals surface area contributed by atoms with Crippen LogP contribution >= 0.6 is 11.6 Å². The molecule has 0 amide bonds. The lowest BCUT2D eigenvalue weighted by atomic mass is 10.2. The maximum absolute atomic E-state index is 11.5. The fourth-order valence-electron chi connectivity index (χ4n) is 1.52. The van der Waals surface area contributed by atoms with E-state index in [9.17, 15) is 9.59 Å². The average molecular weight is 281 g/mol. The van der Waals surface area contributed by atoms with Crippen molar-refractivity contribution in [2.24, 2.45) is 0 Å². The van der Waals surface area contributed by atoms with E-state index in [0.29, 0.717) is 10.6 Å². The number of esters is 1. The lowest BCUT2D eigenvalue weighted by molar-refractivity contribution is 0.0576. The van der Waals surface area contributed by atoms with Crippen LogP contribution in [-0.2, 0) is 4.74 Å². The monoisotopic (exact) mass is 280 g/mol. The van der Waals surface area contributed by atoms with E-state index in [1.165, 1.54) is 0 Å². The van der Waals surface area contributed by atoms with Gasteiger partial charge < -0.3 is 14.8 Å². The first-order valence-corrected chi connectivity index (χ1v) is 5.58. The Morgan fingerprint density at radius 1 is 1.32 bits per heavy atom. The molecule has 2 N–H and O–H groups in total. The molecule has 0 aliphatic rings. The second-order valence-electron chi connectivity index (χ2n) is 3.61. The van der Waals surface area contributed by atoms with Crippen LogP contribution in [0.25, 0.3) is 11.4 Å². The number of rotatable bonds is 3. The molecule has 19 heavy (non-hydrogen) atoms. The smallest absolute Gasteiger partial charge is 0.357 e. The van der Waals surface area contributed by atoms with E-state index in [2.05, 4.69) is 14.7 Å². The number of methoxy groups -OCH3 is 1. The Morgan fingerprint density at radius 2 is 1.95 bits per heavy atom. The molecule has 0 bridgehead atoms. The summed E-state index contributed by atoms with van der Waals surface area (Å²) in [6.45, 7) is 0. The molecule has 0 saturated heterocycles. The zero-order valence-electron chi connectivity index (χ0n) is 9.81. The molecular formula is C12H9ClN2O4. The number of nitrogens with one attached hydrogen (secondary N) is 1. The van der Waals surface area contributed by atoms with Gasteiger partial charge in [0, 0.05) is 10.6 Å². The van der Waals surface area contributed by atoms with Gasteiger partial charge in [-0.2, -0.15) is 0 Å². The average Bonchev–Trinajstić information content (AvgIpc) is 2.84. The number of aromatic amines is 1. The van der Waals surface area contributed by atoms with Crippen molar-refractivity contribution in [2.75, 3.05) is 7.11 Å². The largest absolute Gasteiger partial charge is 0.476 e. The molecule has 98 valence electrons. The van der Waals surface area contributed by atoms with Crippen LogP contribution in [0.5, 0.6) is 0 Å². The molecule has 6 nitrogen and oxygen atoms in total. The number of aromatic carboxylic acids is 1. The van der Waals surface area contributed by atoms with Crippen molar-refractivity contribution in [3.63, 3.8) is 0 Å². The Balaban J connectivity index is 2.51. The standard InChI is InChI=1S/C12H9ClN2O4/c1-19-12(18)9-8(11(16)17)14-10(15-9)6-2-4-7(13)5-3-6/h2-5H,1H3,(H,14,15)(H,16,17). The fourth-order valence-corrected chi connectivity index (χ4v) is 1.65. The van der Waals surface area contributed by atoms with Crippen molar-refractivity contribution in [3.05, 3.63) is 40.7 Å². The van der Waals surface area contributed by atoms with Gasteiger partial charge in [-0.3, -0.25) is 0 Å². The van der Waals surface area contributed by atoms with Gasteiger partial charge in [-0.25, -0.2) is 14.6 Å². The molecule has 0 saturated carbocycles. The van der Waals surface area contributed by atoms with Gasteiger partial charge in [-0.05, 0) is 24.3 Å². The predicted octanol–water partition coefficient (Wildman–Crippen LogP) is 2.21. The second kappa shape index (κ2) is 5.11. The summed E-state index contributed by atoms with van der Waals surface area (Å²) in [7, 11) is 1.16. The number of H-pyrrole nitrogens is 1. The van der Waals surface area contributed by atoms with Crippen LogP contribution in [-0.4, -0.2) is 34.1 Å². The number of aromatic nitrogens is 2. The zero-order chi connectivity index (χ0) is 14.0. The third-order valence-electron chi connectivity index (χ3n) is 2.41. The van der Waals surface area contributed by atoms with E-state index >= 15 is 0 Å². The third-order valence-corrected chi connectivity index (χ3v) is 2.67. The summed E-state index contributed by atoms with van der Waals surface area (Å²) in [5.74, 6) is -1.84. The Hall–Kier alpha value is -2.34. The molecule has 1 aromatic carbocycles. The number of imidazole rings is 1. The fraction of sp³-hybridized carbons (Fsp3) is 0.0833. The van der Waals surface area contributed by atoms with Crippen LogP contribution in [0.2, 0.25) is 5.02 Å². The van der Waals surface area contributed by atoms with E-state index in [4.69, 9.17) is 16.7 Å². The number of carbonyl (C=O) groups is 2. The highest BCUT2D eigenvalue weighted by atomic mass is 35.5. The lowest BCUT2D eigenvalue weighted by Crippen LogP contribution is -2.09. The van der Waals surface area contributed by atoms with Crippen LogP contribution < -0.4 is 0 Å². The molecule has 2 aromatic rings. The van der Waals surface area contributed by atoms with Gasteiger partial charge in [-0.15, -0.1) is 0 Å². The molecular weight excluding hydrogens is 272 g/mol. The van der Waals surface area contributed by atoms with E-state index in [-0.39, 0.29) is 17.2 Å². The number of ether oxygens (including phenoxy) is 1. The number of halogens is 1. The molecule has 1 aromatic heterocycles. The number of carboxylic acid groups (broad SMARTS) is 1. The van der Waals surface area contributed by atoms with Crippen molar-refractivity contribution >= 4 is 23.5 Å². The van der Waals surface area contributed by atoms with Crippen molar-refractivity contribution in [1.82, 2.24) is 9.97 Å². The van der Waals surface area contributed by atoms with Crippen LogP contribution in [0, 0.1) is 0 Å². The van der Waals surface area contributed by atoms with E-state index in [1.807, 2.05) is 0 Å². The number of carboxylic acids is 1. The summed E-state index contributed by atoms with van der Waals surface area (Å²) in [5, 5.41) is 9.55. The number of carbonyl (C=O) groups excluding carboxylic acids is 1. The van der Waals surface area contributed by atoms with Gasteiger partial charge in [-0.1, -0.05) is 11.6 Å². The van der Waals surface area contributed by atoms with E-state index < -0.39 is 11.9 Å². The van der Waals surface area contributed by atoms with Gasteiger partial charge in [0.15, 0.2) is 11.4 Å². The first-order valence-electron chi connectivity index (χ1n) is 5.20. The number of hydrogen-bond donors (Lipinski definition) is 2. The quantitative estimate of drug-likeness (QED) is 0.841. The number of benzene rings is 1. The normalized spacial score (nSPS) is 10.2. The van der Waals surface area contributed by atoms with Crippen LogP contribution in [0.15, 0.2) is 24.3 Å². The molecule has 0 radical (unpaired) electrons. The summed E-state index contributed by atoms with van der Waals surface area (Å²) in [5.41, 5.74) is 0.0406. The van der Waals surface area contributed by atoms with Gasteiger partial charge >= 0.3 is 11.9 Å². The molecule has 0 spiro atoms. The summed E-state index contributed by atoms with van der Waals surface area (Å²) in [6, 6.07) is 6.59. The molecule has 2 rings (SSSR count). The molecule has 0 atom stereocenters. The van der Waals surface area contributed by atoms with Crippen molar-refractivity contribution in [2.45, 2.75) is 0 Å². The zero-order valence-corrected chi connectivity index (χ0v) is 10.6. The number of hydrogen-bond acceptors (Lipinski definition) is 4. The van der Waals surface area contributed by atoms with Gasteiger partial charge in [0.05, 0.1) is 7.11 Å². The second-order valence-corrected chi connectivity index (χ2v) is 4.05. The lowest BCUT2D eigenvalue weighted by Gasteiger charge is -1.97. The highest BCUT2D eigenvalue weighted by Gasteiger charge is 2.23. The maximum Gasteiger partial charge on any atom is 0.357 e. The summed E-state index contributed by atoms with van der Waals surface area (Å²) in [4.78, 5) is 29.0. The first-order chi connectivity index (χ1) is 9.02. The van der Waals surface area contributed by atoms with Gasteiger partial charge in [0.1, 0.15) is 5.82 Å². The maximum atomic E-state index is 11.5. The Labute approximate surface area is 113 Å². The predicted molar refractivity (Wildman–Crippen MR) is 67.3 cm³/mol. The van der Waals surface area contributed by atoms with Crippen molar-refractivity contribution in [3.8, 4) is 11.4 Å². The topological polar surface area (TPSA) is 92.3 Å². The highest BCUT2D eigenvalue weighted by Crippen LogP contribution is 2.21. The minimum Gasteiger partial charge on any atom is -0.476 e. The molecule has 0 unspecified atom stereocenters. The first kappa shape index (κ1) is 13.1. The number of nitrogens with zero attached hydrogens (tertiary/aromatic N) is 1. The Bertz CT molecular complexity index is 634. The third kappa shape index (κ3) is 2.58. The van der Waals surface area contributed by atoms with E-state index in [1.54, 1.807) is 24.3 Å². The van der Waals surface area contributed by atoms with E-state index in [0.717, 1.165) is 7.11 Å². The van der Waals surface area contributed by atoms with Gasteiger partial charge in [0.25, 0.3) is 0 Å². The summed E-state index contributed by atoms with van der Waals surface area (Å²) in [6.07, 6.45) is 0. The van der Waals surface area contributed by atoms with Crippen molar-refractivity contribution < 1.29 is 19.4 Å². The van der Waals surface area contributed by atoms with Crippen molar-refractivity contribution in [1.29, 1.82) is 0 Å². The molecule has 0 aliphatic heterocycles. The minimum atomic E-state index is -1.31. The molecule has 0 fully saturated rings. The van der Waals surface area contributed by atoms with Crippen LogP contribution in [0.1, 0.15) is 21.0 Å². The molecule has 0 aliphatic carbocycles. The SMILES string of the molecule is COC(=O)c1[nH]c(-c2ccc(Cl)cc2)nc1C(=O)O.